The van der Waals surface area contributed by atoms with E-state index in [1.54, 1.807) is 24.3 Å². The predicted molar refractivity (Wildman–Crippen MR) is 138 cm³/mol. The van der Waals surface area contributed by atoms with Gasteiger partial charge in [0.15, 0.2) is 0 Å². The quantitative estimate of drug-likeness (QED) is 0.374. The number of aromatic hydroxyl groups is 1. The molecule has 0 radical (unpaired) electrons. The Kier molecular flexibility index (Phi) is 7.17. The Balaban J connectivity index is 1.38. The minimum atomic E-state index is -0.505. The molecule has 0 aliphatic carbocycles. The third-order valence-corrected chi connectivity index (χ3v) is 7.26. The van der Waals surface area contributed by atoms with Crippen LogP contribution in [0.25, 0.3) is 11.1 Å². The van der Waals surface area contributed by atoms with Crippen molar-refractivity contribution in [3.63, 3.8) is 0 Å². The first-order chi connectivity index (χ1) is 17.4. The van der Waals surface area contributed by atoms with Crippen molar-refractivity contribution in [2.24, 2.45) is 5.92 Å². The second-order valence-corrected chi connectivity index (χ2v) is 9.78. The largest absolute Gasteiger partial charge is 0.508 e. The van der Waals surface area contributed by atoms with Gasteiger partial charge in [0, 0.05) is 30.1 Å². The van der Waals surface area contributed by atoms with Crippen LogP contribution in [0.1, 0.15) is 36.1 Å². The van der Waals surface area contributed by atoms with Gasteiger partial charge in [0.25, 0.3) is 0 Å². The molecule has 1 fully saturated rings. The molecule has 2 heterocycles. The monoisotopic (exact) mass is 511 g/mol. The van der Waals surface area contributed by atoms with Gasteiger partial charge in [0.1, 0.15) is 35.8 Å². The number of rotatable bonds is 7. The van der Waals surface area contributed by atoms with Crippen LogP contribution in [0.3, 0.4) is 0 Å². The van der Waals surface area contributed by atoms with Gasteiger partial charge in [0.2, 0.25) is 0 Å². The van der Waals surface area contributed by atoms with Gasteiger partial charge in [-0.2, -0.15) is 0 Å². The molecule has 1 N–H and O–H groups in total. The lowest BCUT2D eigenvalue weighted by Crippen LogP contribution is -2.26. The summed E-state index contributed by atoms with van der Waals surface area (Å²) in [7, 11) is 0. The maximum atomic E-state index is 14.4. The van der Waals surface area contributed by atoms with Crippen molar-refractivity contribution in [2.45, 2.75) is 19.4 Å². The summed E-state index contributed by atoms with van der Waals surface area (Å²) in [6.07, 6.45) is 0.418. The summed E-state index contributed by atoms with van der Waals surface area (Å²) < 4.78 is 39.6. The minimum absolute atomic E-state index is 0.0546. The van der Waals surface area contributed by atoms with Crippen molar-refractivity contribution in [3.8, 4) is 17.2 Å². The molecule has 36 heavy (non-hydrogen) atoms. The van der Waals surface area contributed by atoms with E-state index in [1.165, 1.54) is 12.1 Å². The first-order valence-electron chi connectivity index (χ1n) is 12.1. The molecule has 0 amide bonds. The SMILES string of the molecule is CC1=C(c2ccc(Cl)c(F)c2)C(c2ccc(OCCN3CCC(CF)C3)cc2)Oc2ccc(O)cc21. The Morgan fingerprint density at radius 2 is 1.92 bits per heavy atom. The first-order valence-corrected chi connectivity index (χ1v) is 12.5. The van der Waals surface area contributed by atoms with Gasteiger partial charge in [-0.1, -0.05) is 29.8 Å². The second kappa shape index (κ2) is 10.5. The van der Waals surface area contributed by atoms with Crippen LogP contribution in [-0.2, 0) is 0 Å². The molecular formula is C29H28ClF2NO3. The third-order valence-electron chi connectivity index (χ3n) is 6.96. The van der Waals surface area contributed by atoms with Gasteiger partial charge in [-0.05, 0) is 79.1 Å². The lowest BCUT2D eigenvalue weighted by atomic mass is 9.86. The van der Waals surface area contributed by atoms with E-state index in [2.05, 4.69) is 4.90 Å². The Hall–Kier alpha value is -3.09. The molecule has 1 saturated heterocycles. The summed E-state index contributed by atoms with van der Waals surface area (Å²) in [5.74, 6) is 1.16. The van der Waals surface area contributed by atoms with E-state index < -0.39 is 11.9 Å². The van der Waals surface area contributed by atoms with Crippen molar-refractivity contribution in [1.29, 1.82) is 0 Å². The number of phenols is 1. The molecule has 3 aromatic carbocycles. The lowest BCUT2D eigenvalue weighted by Gasteiger charge is -2.31. The maximum Gasteiger partial charge on any atom is 0.150 e. The summed E-state index contributed by atoms with van der Waals surface area (Å²) in [6.45, 7) is 4.68. The Labute approximate surface area is 214 Å². The van der Waals surface area contributed by atoms with E-state index in [1.807, 2.05) is 31.2 Å². The topological polar surface area (TPSA) is 41.9 Å². The lowest BCUT2D eigenvalue weighted by molar-refractivity contribution is 0.228. The standard InChI is InChI=1S/C29H28ClF2NO3/c1-18-24-15-22(34)5-9-27(24)36-29(28(18)21-4-8-25(30)26(32)14-21)20-2-6-23(7-3-20)35-13-12-33-11-10-19(16-31)17-33/h2-9,14-15,19,29,34H,10-13,16-17H2,1H3. The number of ether oxygens (including phenoxy) is 2. The molecule has 0 bridgehead atoms. The molecule has 2 atom stereocenters. The van der Waals surface area contributed by atoms with Crippen LogP contribution >= 0.6 is 11.6 Å². The van der Waals surface area contributed by atoms with E-state index >= 15 is 0 Å². The maximum absolute atomic E-state index is 14.4. The molecule has 188 valence electrons. The molecule has 5 rings (SSSR count). The number of fused-ring (bicyclic) bond motifs is 1. The highest BCUT2D eigenvalue weighted by Crippen LogP contribution is 2.47. The average Bonchev–Trinajstić information content (AvgIpc) is 3.35. The van der Waals surface area contributed by atoms with E-state index in [9.17, 15) is 13.9 Å². The summed E-state index contributed by atoms with van der Waals surface area (Å²) in [4.78, 5) is 2.23. The normalized spacial score (nSPS) is 19.8. The van der Waals surface area contributed by atoms with E-state index in [0.717, 1.165) is 54.1 Å². The first kappa shape index (κ1) is 24.6. The van der Waals surface area contributed by atoms with Gasteiger partial charge in [-0.25, -0.2) is 4.39 Å². The van der Waals surface area contributed by atoms with Crippen LogP contribution in [0.2, 0.25) is 5.02 Å². The van der Waals surface area contributed by atoms with Crippen LogP contribution in [0.4, 0.5) is 8.78 Å². The van der Waals surface area contributed by atoms with Crippen molar-refractivity contribution in [1.82, 2.24) is 4.90 Å². The molecular weight excluding hydrogens is 484 g/mol. The number of hydrogen-bond acceptors (Lipinski definition) is 4. The van der Waals surface area contributed by atoms with Crippen molar-refractivity contribution >= 4 is 22.7 Å². The number of benzene rings is 3. The second-order valence-electron chi connectivity index (χ2n) is 9.37. The Morgan fingerprint density at radius 3 is 2.64 bits per heavy atom. The van der Waals surface area contributed by atoms with E-state index in [4.69, 9.17) is 21.1 Å². The third kappa shape index (κ3) is 5.06. The number of alkyl halides is 1. The Morgan fingerprint density at radius 1 is 1.11 bits per heavy atom. The van der Waals surface area contributed by atoms with Gasteiger partial charge < -0.3 is 14.6 Å². The number of hydrogen-bond donors (Lipinski definition) is 1. The fraction of sp³-hybridized carbons (Fsp3) is 0.310. The van der Waals surface area contributed by atoms with E-state index in [0.29, 0.717) is 17.9 Å². The highest BCUT2D eigenvalue weighted by molar-refractivity contribution is 6.30. The van der Waals surface area contributed by atoms with Gasteiger partial charge in [0.05, 0.1) is 11.7 Å². The van der Waals surface area contributed by atoms with Gasteiger partial charge >= 0.3 is 0 Å². The van der Waals surface area contributed by atoms with Gasteiger partial charge in [-0.15, -0.1) is 0 Å². The van der Waals surface area contributed by atoms with Gasteiger partial charge in [-0.3, -0.25) is 9.29 Å². The number of halogens is 3. The number of likely N-dealkylation sites (tertiary alicyclic amines) is 1. The van der Waals surface area contributed by atoms with Crippen LogP contribution in [-0.4, -0.2) is 42.9 Å². The molecule has 4 nitrogen and oxygen atoms in total. The van der Waals surface area contributed by atoms with Crippen molar-refractivity contribution in [3.05, 3.63) is 88.2 Å². The highest BCUT2D eigenvalue weighted by atomic mass is 35.5. The zero-order valence-electron chi connectivity index (χ0n) is 20.0. The Bertz CT molecular complexity index is 1280. The molecule has 2 unspecified atom stereocenters. The van der Waals surface area contributed by atoms with Crippen LogP contribution in [0.5, 0.6) is 17.2 Å². The zero-order valence-corrected chi connectivity index (χ0v) is 20.8. The zero-order chi connectivity index (χ0) is 25.2. The summed E-state index contributed by atoms with van der Waals surface area (Å²) in [6, 6.07) is 17.4. The van der Waals surface area contributed by atoms with Crippen LogP contribution in [0.15, 0.2) is 60.7 Å². The molecule has 0 spiro atoms. The van der Waals surface area contributed by atoms with Crippen LogP contribution < -0.4 is 9.47 Å². The fourth-order valence-corrected chi connectivity index (χ4v) is 5.10. The molecule has 0 aromatic heterocycles. The molecule has 0 saturated carbocycles. The van der Waals surface area contributed by atoms with Crippen LogP contribution in [0, 0.1) is 11.7 Å². The van der Waals surface area contributed by atoms with E-state index in [-0.39, 0.29) is 23.4 Å². The summed E-state index contributed by atoms with van der Waals surface area (Å²) in [5.41, 5.74) is 3.99. The smallest absolute Gasteiger partial charge is 0.150 e. The average molecular weight is 512 g/mol. The number of nitrogens with zero attached hydrogens (tertiary/aromatic N) is 1. The number of allylic oxidation sites excluding steroid dienone is 1. The fourth-order valence-electron chi connectivity index (χ4n) is 4.98. The predicted octanol–water partition coefficient (Wildman–Crippen LogP) is 6.92. The minimum Gasteiger partial charge on any atom is -0.508 e. The van der Waals surface area contributed by atoms with Crippen molar-refractivity contribution < 1.29 is 23.4 Å². The molecule has 7 heteroatoms. The highest BCUT2D eigenvalue weighted by Gasteiger charge is 2.30. The summed E-state index contributed by atoms with van der Waals surface area (Å²) in [5, 5.41) is 10.1. The van der Waals surface area contributed by atoms with Crippen molar-refractivity contribution in [2.75, 3.05) is 32.9 Å². The molecule has 2 aliphatic heterocycles. The molecule has 2 aliphatic rings. The summed E-state index contributed by atoms with van der Waals surface area (Å²) >= 11 is 5.94. The molecule has 3 aromatic rings. The number of phenolic OH excluding ortho intramolecular Hbond substituents is 1.